The van der Waals surface area contributed by atoms with Gasteiger partial charge in [-0.1, -0.05) is 288 Å². The van der Waals surface area contributed by atoms with Crippen LogP contribution in [-0.2, 0) is 54.1 Å². The van der Waals surface area contributed by atoms with Gasteiger partial charge >= 0.3 is 0 Å². The highest BCUT2D eigenvalue weighted by Gasteiger charge is 2.53. The number of hydrogen-bond acceptors (Lipinski definition) is 8. The van der Waals surface area contributed by atoms with Crippen LogP contribution in [0.5, 0.6) is 17.2 Å². The molecule has 0 heterocycles. The molecule has 0 aromatic heterocycles. The molecule has 12 aliphatic carbocycles. The number of fused-ring (bicyclic) bond motifs is 11. The van der Waals surface area contributed by atoms with Crippen molar-refractivity contribution in [2.45, 2.75) is 364 Å². The molecule has 8 nitrogen and oxygen atoms in total. The van der Waals surface area contributed by atoms with Gasteiger partial charge in [-0.25, -0.2) is 0 Å². The molecule has 0 bridgehead atoms. The maximum Gasteiger partial charge on any atom is 0.119 e. The molecular weight excluding hydrogens is 1670 g/mol. The van der Waals surface area contributed by atoms with Crippen LogP contribution in [0.3, 0.4) is 0 Å². The standard InChI is InChI=1S/C31H42O2Si.C25H38O2Si.C24H36O2Si.C21H26O.C20H24O/c1-22-13-15-25(32-3)18-24(22)14-16-27-28(17-23-11-9-8-10-12-23)30(34(5,6)7)21-31(2)20-26(33-4)19-29(27)31;1-8-21-22(12-10-18-13-20(27-4)11-9-17(18)2)23-14-19(26)15-25(23,3)16-24(21)28(5,6)7;1-16-8-10-20(26-4)12-18(16)9-11-21-17(2)23(27(5,6)7)15-24(3)14-19(25)13-22(21)24;1-4-21-10-9-20(3)13-16(22)12-19(20)18(21)8-6-15-11-14(2)5-7-17(15)21;1-13-4-6-16-14(10-13)5-7-17-18-11-15(21)12-19(18,2)8-9-20(16,17)3/h8-13,15,18,26H,14,16-17,19-21H2,1-7H3;9,11,13,19,26H,8,10,12,14-16H2,1-7H3;8,10,12,19,25H,9,11,13-15H2,1-7H3;5,7,9-11,16,22H,4,6,8,12-13H2,1-3H3;4,6,8-10,15,21H,5,7,11-12H2,1-3H3/t26-,31+;19-,25+;19-,24+;16-,20-,21+;15-,19-,20+/m11111/s1. The summed E-state index contributed by atoms with van der Waals surface area (Å²) in [6.45, 7) is 54.7. The summed E-state index contributed by atoms with van der Waals surface area (Å²) < 4.78 is 22.4. The molecule has 4 N–H and O–H groups in total. The molecule has 5 saturated carbocycles. The average Bonchev–Trinajstić information content (AvgIpc) is 1.68. The van der Waals surface area contributed by atoms with Gasteiger partial charge in [-0.05, 0) is 357 Å². The quantitative estimate of drug-likeness (QED) is 0.0441. The van der Waals surface area contributed by atoms with Crippen LogP contribution in [0.15, 0.2) is 234 Å². The lowest BCUT2D eigenvalue weighted by Gasteiger charge is -2.45. The summed E-state index contributed by atoms with van der Waals surface area (Å²) >= 11 is 0. The highest BCUT2D eigenvalue weighted by Crippen LogP contribution is 2.63. The van der Waals surface area contributed by atoms with Crippen LogP contribution >= 0.6 is 0 Å². The Balaban J connectivity index is 0.000000134. The van der Waals surface area contributed by atoms with E-state index in [0.29, 0.717) is 6.10 Å². The van der Waals surface area contributed by atoms with Gasteiger partial charge in [0.2, 0.25) is 0 Å². The second kappa shape index (κ2) is 39.2. The van der Waals surface area contributed by atoms with Gasteiger partial charge < -0.3 is 39.4 Å². The Morgan fingerprint density at radius 1 is 0.364 bits per heavy atom. The SMILES string of the molecule is CCC1=C([Si](C)(C)C)C[C@]2(C)C[C@H](O)CC2=C1CCc1cc(OC)ccc1C.CC[C@@]12C=C[C@]3(C)C[C@H](O)CC3=C1CCc1cc(C)ccc12.COc1ccc(C)c(CCC2=C3C[C@@H](O)C[C@@]3(C)CC([Si](C)(C)C)=C2C)c1.COc1ccc(C)c(CCC2=C3C[C@@H](OC)C[C@@]3(C)CC([Si](C)(C)C)=C2Cc2ccccc2)c1.Cc1ccc2c(c1)CCC1=C3C[C@@H](O)C[C@@]3(C)C=C[C@]12C. The zero-order valence-corrected chi connectivity index (χ0v) is 89.5. The number of aliphatic hydroxyl groups is 4. The summed E-state index contributed by atoms with van der Waals surface area (Å²) in [6, 6.07) is 44.3. The number of aliphatic hydroxyl groups excluding tert-OH is 4. The molecule has 12 atom stereocenters. The van der Waals surface area contributed by atoms with Crippen LogP contribution in [0.4, 0.5) is 0 Å². The zero-order chi connectivity index (χ0) is 95.5. The number of benzene rings is 6. The van der Waals surface area contributed by atoms with Crippen LogP contribution in [0.25, 0.3) is 0 Å². The topological polar surface area (TPSA) is 118 Å². The second-order valence-electron chi connectivity index (χ2n) is 47.0. The van der Waals surface area contributed by atoms with E-state index < -0.39 is 24.2 Å². The van der Waals surface area contributed by atoms with E-state index in [2.05, 4.69) is 289 Å². The fraction of sp³-hybridized carbons (Fsp3) is 0.537. The number of rotatable bonds is 20. The Morgan fingerprint density at radius 3 is 1.23 bits per heavy atom. The number of ether oxygens (including phenoxy) is 4. The highest BCUT2D eigenvalue weighted by atomic mass is 28.3. The fourth-order valence-electron chi connectivity index (χ4n) is 27.1. The normalized spacial score (nSPS) is 28.5. The van der Waals surface area contributed by atoms with E-state index >= 15 is 0 Å². The van der Waals surface area contributed by atoms with Crippen LogP contribution in [-0.4, -0.2) is 104 Å². The van der Waals surface area contributed by atoms with Crippen molar-refractivity contribution in [3.63, 3.8) is 0 Å². The predicted molar refractivity (Wildman–Crippen MR) is 562 cm³/mol. The van der Waals surface area contributed by atoms with E-state index in [1.807, 2.05) is 19.2 Å². The van der Waals surface area contributed by atoms with Crippen molar-refractivity contribution >= 4 is 24.2 Å². The van der Waals surface area contributed by atoms with Crippen molar-refractivity contribution in [1.82, 2.24) is 0 Å². The molecule has 0 spiro atoms. The van der Waals surface area contributed by atoms with E-state index in [1.165, 1.54) is 107 Å². The van der Waals surface area contributed by atoms with Crippen LogP contribution in [0.1, 0.15) is 263 Å². The van der Waals surface area contributed by atoms with Gasteiger partial charge in [0.05, 0.1) is 76.1 Å². The Morgan fingerprint density at radius 2 is 0.765 bits per heavy atom. The van der Waals surface area contributed by atoms with E-state index in [9.17, 15) is 20.4 Å². The fourth-order valence-corrected chi connectivity index (χ4v) is 33.5. The Bertz CT molecular complexity index is 5670. The van der Waals surface area contributed by atoms with Gasteiger partial charge in [-0.15, -0.1) is 0 Å². The van der Waals surface area contributed by atoms with Gasteiger partial charge in [-0.3, -0.25) is 0 Å². The largest absolute Gasteiger partial charge is 0.497 e. The van der Waals surface area contributed by atoms with Gasteiger partial charge in [0.15, 0.2) is 0 Å². The van der Waals surface area contributed by atoms with Crippen molar-refractivity contribution in [1.29, 1.82) is 0 Å². The molecule has 132 heavy (non-hydrogen) atoms. The van der Waals surface area contributed by atoms with E-state index in [4.69, 9.17) is 18.9 Å². The lowest BCUT2D eigenvalue weighted by molar-refractivity contribution is 0.0975. The molecule has 11 heteroatoms. The average molecular weight is 1830 g/mol. The number of aryl methyl sites for hydroxylation is 10. The number of allylic oxidation sites excluding steroid dienone is 15. The summed E-state index contributed by atoms with van der Waals surface area (Å²) in [5.41, 5.74) is 39.8. The van der Waals surface area contributed by atoms with Crippen LogP contribution < -0.4 is 14.2 Å². The molecule has 0 amide bonds. The Hall–Kier alpha value is -7.43. The molecule has 18 rings (SSSR count). The molecule has 5 fully saturated rings. The minimum absolute atomic E-state index is 0.0419. The first-order valence-electron chi connectivity index (χ1n) is 50.8. The lowest BCUT2D eigenvalue weighted by atomic mass is 9.58. The van der Waals surface area contributed by atoms with Gasteiger partial charge in [0.1, 0.15) is 17.2 Å². The molecule has 710 valence electrons. The third-order valence-electron chi connectivity index (χ3n) is 34.3. The predicted octanol–water partition coefficient (Wildman–Crippen LogP) is 29.1. The first-order chi connectivity index (χ1) is 62.2. The van der Waals surface area contributed by atoms with Crippen molar-refractivity contribution in [3.8, 4) is 17.2 Å². The lowest BCUT2D eigenvalue weighted by Crippen LogP contribution is -2.36. The number of hydrogen-bond donors (Lipinski definition) is 4. The monoisotopic (exact) mass is 1830 g/mol. The first kappa shape index (κ1) is 101. The maximum atomic E-state index is 10.5. The Kier molecular flexibility index (Phi) is 29.9. The molecule has 12 aliphatic rings. The maximum absolute atomic E-state index is 10.5. The molecule has 0 unspecified atom stereocenters. The third kappa shape index (κ3) is 20.5. The minimum Gasteiger partial charge on any atom is -0.497 e. The Labute approximate surface area is 801 Å². The summed E-state index contributed by atoms with van der Waals surface area (Å²) in [5, 5.41) is 46.6. The molecule has 0 saturated heterocycles. The van der Waals surface area contributed by atoms with Gasteiger partial charge in [0, 0.05) is 28.8 Å². The highest BCUT2D eigenvalue weighted by molar-refractivity contribution is 6.84. The van der Waals surface area contributed by atoms with Crippen LogP contribution in [0, 0.1) is 61.7 Å². The molecule has 0 radical (unpaired) electrons. The second-order valence-corrected chi connectivity index (χ2v) is 62.3. The van der Waals surface area contributed by atoms with E-state index in [-0.39, 0.29) is 62.3 Å². The van der Waals surface area contributed by atoms with Crippen LogP contribution in [0.2, 0.25) is 58.9 Å². The zero-order valence-electron chi connectivity index (χ0n) is 86.5. The molecule has 0 aliphatic heterocycles. The molecule has 6 aromatic carbocycles. The summed E-state index contributed by atoms with van der Waals surface area (Å²) in [5.74, 6) is 2.83. The smallest absolute Gasteiger partial charge is 0.119 e. The third-order valence-corrected chi connectivity index (χ3v) is 41.3. The first-order valence-corrected chi connectivity index (χ1v) is 61.3. The van der Waals surface area contributed by atoms with Crippen molar-refractivity contribution in [3.05, 3.63) is 306 Å². The molecular formula is C121H166O8Si3. The summed E-state index contributed by atoms with van der Waals surface area (Å²) in [4.78, 5) is 0. The van der Waals surface area contributed by atoms with E-state index in [1.54, 1.807) is 87.1 Å². The molecule has 6 aromatic rings. The summed E-state index contributed by atoms with van der Waals surface area (Å²) in [6.07, 6.45) is 36.4. The van der Waals surface area contributed by atoms with Crippen molar-refractivity contribution < 1.29 is 39.4 Å². The summed E-state index contributed by atoms with van der Waals surface area (Å²) in [7, 11) is 2.84. The van der Waals surface area contributed by atoms with Gasteiger partial charge in [0.25, 0.3) is 0 Å². The van der Waals surface area contributed by atoms with E-state index in [0.717, 1.165) is 171 Å². The number of methoxy groups -OCH3 is 4. The minimum atomic E-state index is -1.50. The van der Waals surface area contributed by atoms with Gasteiger partial charge in [-0.2, -0.15) is 0 Å². The van der Waals surface area contributed by atoms with Crippen molar-refractivity contribution in [2.24, 2.45) is 27.1 Å². The van der Waals surface area contributed by atoms with Crippen molar-refractivity contribution in [2.75, 3.05) is 28.4 Å².